The Bertz CT molecular complexity index is 658. The van der Waals surface area contributed by atoms with Crippen LogP contribution in [-0.4, -0.2) is 60.2 Å². The molecule has 2 unspecified atom stereocenters. The second-order valence-corrected chi connectivity index (χ2v) is 8.80. The molecule has 6 heteroatoms. The molecule has 1 aromatic rings. The van der Waals surface area contributed by atoms with Crippen LogP contribution < -0.4 is 10.6 Å². The van der Waals surface area contributed by atoms with Gasteiger partial charge in [0.05, 0.1) is 6.10 Å². The maximum absolute atomic E-state index is 13.3. The number of nitrogens with two attached hydrogens (primary N) is 1. The van der Waals surface area contributed by atoms with E-state index in [-0.39, 0.29) is 17.4 Å². The fraction of sp³-hybridized carbons (Fsp3) is 0.727. The first-order valence-electron chi connectivity index (χ1n) is 10.7. The van der Waals surface area contributed by atoms with E-state index in [1.165, 1.54) is 0 Å². The van der Waals surface area contributed by atoms with Crippen LogP contribution in [0.25, 0.3) is 0 Å². The van der Waals surface area contributed by atoms with Crippen molar-refractivity contribution in [2.75, 3.05) is 37.7 Å². The Morgan fingerprint density at radius 2 is 2.04 bits per heavy atom. The number of amides is 1. The van der Waals surface area contributed by atoms with Crippen LogP contribution in [0.2, 0.25) is 0 Å². The number of carbonyl (C=O) groups is 1. The number of carbonyl (C=O) groups excluding carboxylic acids is 1. The third-order valence-electron chi connectivity index (χ3n) is 6.95. The molecule has 2 atom stereocenters. The average molecular weight is 389 g/mol. The lowest BCUT2D eigenvalue weighted by molar-refractivity contribution is -0.179. The van der Waals surface area contributed by atoms with Gasteiger partial charge in [-0.3, -0.25) is 4.79 Å². The summed E-state index contributed by atoms with van der Waals surface area (Å²) in [6.45, 7) is 12.3. The van der Waals surface area contributed by atoms with Crippen molar-refractivity contribution in [2.24, 2.45) is 17.1 Å². The number of piperidine rings is 1. The number of aromatic nitrogens is 1. The van der Waals surface area contributed by atoms with Gasteiger partial charge in [-0.25, -0.2) is 4.98 Å². The van der Waals surface area contributed by atoms with Crippen LogP contribution in [0, 0.1) is 11.3 Å². The van der Waals surface area contributed by atoms with E-state index in [0.29, 0.717) is 25.5 Å². The first-order valence-corrected chi connectivity index (χ1v) is 10.7. The molecule has 1 aromatic heterocycles. The number of hydrogen-bond acceptors (Lipinski definition) is 5. The molecular weight excluding hydrogens is 352 g/mol. The molecule has 2 aliphatic rings. The molecule has 2 N–H and O–H groups in total. The summed E-state index contributed by atoms with van der Waals surface area (Å²) in [4.78, 5) is 22.1. The van der Waals surface area contributed by atoms with E-state index in [1.54, 1.807) is 0 Å². The molecule has 6 nitrogen and oxygen atoms in total. The lowest BCUT2D eigenvalue weighted by Gasteiger charge is -2.58. The quantitative estimate of drug-likeness (QED) is 0.778. The smallest absolute Gasteiger partial charge is 0.243 e. The van der Waals surface area contributed by atoms with Crippen molar-refractivity contribution in [1.82, 2.24) is 9.88 Å². The summed E-state index contributed by atoms with van der Waals surface area (Å²) in [5, 5.41) is 0. The molecule has 1 saturated carbocycles. The summed E-state index contributed by atoms with van der Waals surface area (Å²) in [5.41, 5.74) is 5.48. The van der Waals surface area contributed by atoms with Gasteiger partial charge in [0.25, 0.3) is 0 Å². The first-order chi connectivity index (χ1) is 13.3. The van der Waals surface area contributed by atoms with Gasteiger partial charge < -0.3 is 20.3 Å². The molecule has 0 spiro atoms. The summed E-state index contributed by atoms with van der Waals surface area (Å²) < 4.78 is 5.79. The normalized spacial score (nSPS) is 27.3. The molecule has 1 amide bonds. The highest BCUT2D eigenvalue weighted by Gasteiger charge is 2.63. The van der Waals surface area contributed by atoms with Crippen LogP contribution in [0.5, 0.6) is 0 Å². The minimum absolute atomic E-state index is 0.0618. The highest BCUT2D eigenvalue weighted by Crippen LogP contribution is 2.50. The molecule has 0 aromatic carbocycles. The van der Waals surface area contributed by atoms with E-state index in [9.17, 15) is 4.79 Å². The number of ether oxygens (including phenoxy) is 1. The summed E-state index contributed by atoms with van der Waals surface area (Å²) in [5.74, 6) is 1.64. The van der Waals surface area contributed by atoms with Gasteiger partial charge >= 0.3 is 0 Å². The third-order valence-corrected chi connectivity index (χ3v) is 6.95. The Kier molecular flexibility index (Phi) is 6.30. The van der Waals surface area contributed by atoms with Crippen molar-refractivity contribution in [1.29, 1.82) is 0 Å². The Balaban J connectivity index is 1.57. The Hall–Kier alpha value is -1.66. The molecule has 2 fully saturated rings. The van der Waals surface area contributed by atoms with Crippen molar-refractivity contribution in [3.8, 4) is 0 Å². The number of nitrogens with zero attached hydrogens (tertiary/aromatic N) is 3. The van der Waals surface area contributed by atoms with Crippen molar-refractivity contribution < 1.29 is 9.53 Å². The minimum Gasteiger partial charge on any atom is -0.378 e. The van der Waals surface area contributed by atoms with Gasteiger partial charge in [0.1, 0.15) is 11.4 Å². The van der Waals surface area contributed by atoms with Gasteiger partial charge in [-0.2, -0.15) is 0 Å². The van der Waals surface area contributed by atoms with Crippen LogP contribution in [0.3, 0.4) is 0 Å². The Morgan fingerprint density at radius 1 is 1.32 bits per heavy atom. The van der Waals surface area contributed by atoms with Gasteiger partial charge in [0.15, 0.2) is 0 Å². The van der Waals surface area contributed by atoms with E-state index in [1.807, 2.05) is 30.2 Å². The van der Waals surface area contributed by atoms with Crippen LogP contribution >= 0.6 is 0 Å². The maximum Gasteiger partial charge on any atom is 0.243 e. The second kappa shape index (κ2) is 8.37. The first kappa shape index (κ1) is 21.1. The monoisotopic (exact) mass is 388 g/mol. The largest absolute Gasteiger partial charge is 0.378 e. The summed E-state index contributed by atoms with van der Waals surface area (Å²) in [7, 11) is 0. The number of anilines is 1. The standard InChI is InChI=1S/C22H36N4O2/c1-5-25(20(27)22(23)15-18(28-6-2)21(22,3)4)16-17-10-13-26(14-11-17)19-9-7-8-12-24-19/h7-9,12,17-18H,5-6,10-11,13-16,23H2,1-4H3. The SMILES string of the molecule is CCOC1CC(N)(C(=O)N(CC)CC2CCN(c3ccccn3)CC2)C1(C)C. The maximum atomic E-state index is 13.3. The zero-order valence-electron chi connectivity index (χ0n) is 17.9. The highest BCUT2D eigenvalue weighted by atomic mass is 16.5. The second-order valence-electron chi connectivity index (χ2n) is 8.80. The van der Waals surface area contributed by atoms with Gasteiger partial charge in [-0.05, 0) is 44.7 Å². The van der Waals surface area contributed by atoms with Crippen molar-refractivity contribution >= 4 is 11.7 Å². The van der Waals surface area contributed by atoms with E-state index in [2.05, 4.69) is 36.7 Å². The number of rotatable bonds is 7. The van der Waals surface area contributed by atoms with Crippen LogP contribution in [0.15, 0.2) is 24.4 Å². The molecule has 3 rings (SSSR count). The van der Waals surface area contributed by atoms with Gasteiger partial charge in [-0.15, -0.1) is 0 Å². The molecule has 0 bridgehead atoms. The summed E-state index contributed by atoms with van der Waals surface area (Å²) in [6.07, 6.45) is 4.66. The molecule has 1 aliphatic carbocycles. The zero-order valence-corrected chi connectivity index (χ0v) is 17.9. The van der Waals surface area contributed by atoms with Gasteiger partial charge in [0.2, 0.25) is 5.91 Å². The zero-order chi connectivity index (χ0) is 20.4. The van der Waals surface area contributed by atoms with E-state index in [0.717, 1.165) is 38.3 Å². The van der Waals surface area contributed by atoms with Crippen LogP contribution in [-0.2, 0) is 9.53 Å². The number of likely N-dealkylation sites (N-methyl/N-ethyl adjacent to an activating group) is 1. The van der Waals surface area contributed by atoms with E-state index in [4.69, 9.17) is 10.5 Å². The van der Waals surface area contributed by atoms with E-state index >= 15 is 0 Å². The average Bonchev–Trinajstić information content (AvgIpc) is 2.72. The summed E-state index contributed by atoms with van der Waals surface area (Å²) in [6, 6.07) is 6.04. The van der Waals surface area contributed by atoms with Crippen molar-refractivity contribution in [3.05, 3.63) is 24.4 Å². The van der Waals surface area contributed by atoms with E-state index < -0.39 is 5.54 Å². The van der Waals surface area contributed by atoms with Gasteiger partial charge in [-0.1, -0.05) is 19.9 Å². The topological polar surface area (TPSA) is 71.7 Å². The van der Waals surface area contributed by atoms with Crippen molar-refractivity contribution in [2.45, 2.75) is 58.6 Å². The predicted octanol–water partition coefficient (Wildman–Crippen LogP) is 2.68. The molecular formula is C22H36N4O2. The molecule has 1 aliphatic heterocycles. The van der Waals surface area contributed by atoms with Crippen molar-refractivity contribution in [3.63, 3.8) is 0 Å². The predicted molar refractivity (Wildman–Crippen MR) is 112 cm³/mol. The number of hydrogen-bond donors (Lipinski definition) is 1. The molecule has 28 heavy (non-hydrogen) atoms. The summed E-state index contributed by atoms with van der Waals surface area (Å²) >= 11 is 0. The Morgan fingerprint density at radius 3 is 2.57 bits per heavy atom. The third kappa shape index (κ3) is 3.77. The lowest BCUT2D eigenvalue weighted by Crippen LogP contribution is -2.76. The van der Waals surface area contributed by atoms with Crippen LogP contribution in [0.1, 0.15) is 47.0 Å². The molecule has 156 valence electrons. The van der Waals surface area contributed by atoms with Crippen LogP contribution in [0.4, 0.5) is 5.82 Å². The fourth-order valence-electron chi connectivity index (χ4n) is 4.63. The Labute approximate surface area is 169 Å². The number of pyridine rings is 1. The molecule has 0 radical (unpaired) electrons. The minimum atomic E-state index is -0.822. The fourth-order valence-corrected chi connectivity index (χ4v) is 4.63. The van der Waals surface area contributed by atoms with Gasteiger partial charge in [0, 0.05) is 50.8 Å². The highest BCUT2D eigenvalue weighted by molar-refractivity contribution is 5.89. The lowest BCUT2D eigenvalue weighted by atomic mass is 9.54. The molecule has 2 heterocycles. The molecule has 1 saturated heterocycles.